The van der Waals surface area contributed by atoms with Gasteiger partial charge in [0.15, 0.2) is 0 Å². The molecule has 1 atom stereocenters. The summed E-state index contributed by atoms with van der Waals surface area (Å²) in [7, 11) is 0. The summed E-state index contributed by atoms with van der Waals surface area (Å²) in [5, 5.41) is 16.8. The van der Waals surface area contributed by atoms with Crippen LogP contribution >= 0.6 is 0 Å². The van der Waals surface area contributed by atoms with Crippen molar-refractivity contribution in [3.05, 3.63) is 41.5 Å². The smallest absolute Gasteiger partial charge is 0.149 e. The molecule has 2 aromatic rings. The first kappa shape index (κ1) is 10.8. The molecule has 0 saturated carbocycles. The molecule has 0 aliphatic heterocycles. The van der Waals surface area contributed by atoms with Crippen LogP contribution in [0, 0.1) is 12.7 Å². The molecule has 2 rings (SSSR count). The lowest BCUT2D eigenvalue weighted by Crippen LogP contribution is -1.98. The van der Waals surface area contributed by atoms with Crippen LogP contribution in [0.2, 0.25) is 0 Å². The average Bonchev–Trinajstić information content (AvgIpc) is 2.66. The Bertz CT molecular complexity index is 508. The molecule has 0 bridgehead atoms. The molecule has 0 spiro atoms. The van der Waals surface area contributed by atoms with Crippen LogP contribution in [-0.2, 0) is 0 Å². The predicted molar refractivity (Wildman–Crippen MR) is 56.7 cm³/mol. The number of rotatable bonds is 2. The fraction of sp³-hybridized carbons (Fsp3) is 0.273. The Morgan fingerprint density at radius 1 is 1.44 bits per heavy atom. The van der Waals surface area contributed by atoms with Gasteiger partial charge in [-0.2, -0.15) is 0 Å². The molecule has 0 fully saturated rings. The van der Waals surface area contributed by atoms with Gasteiger partial charge < -0.3 is 5.11 Å². The Labute approximate surface area is 92.3 Å². The van der Waals surface area contributed by atoms with Crippen molar-refractivity contribution in [3.63, 3.8) is 0 Å². The lowest BCUT2D eigenvalue weighted by molar-refractivity contribution is 0.194. The minimum atomic E-state index is -0.706. The first-order valence-electron chi connectivity index (χ1n) is 4.95. The average molecular weight is 221 g/mol. The summed E-state index contributed by atoms with van der Waals surface area (Å²) in [6.07, 6.45) is 0.806. The van der Waals surface area contributed by atoms with Crippen LogP contribution in [0.15, 0.2) is 24.4 Å². The summed E-state index contributed by atoms with van der Waals surface area (Å²) in [5.74, 6) is -0.359. The van der Waals surface area contributed by atoms with Crippen LogP contribution in [0.4, 0.5) is 4.39 Å². The zero-order chi connectivity index (χ0) is 11.7. The molecular weight excluding hydrogens is 209 g/mol. The third-order valence-electron chi connectivity index (χ3n) is 2.29. The van der Waals surface area contributed by atoms with E-state index in [1.165, 1.54) is 16.9 Å². The van der Waals surface area contributed by atoms with E-state index in [9.17, 15) is 9.50 Å². The Morgan fingerprint density at radius 3 is 2.75 bits per heavy atom. The van der Waals surface area contributed by atoms with Crippen LogP contribution in [0.25, 0.3) is 5.69 Å². The van der Waals surface area contributed by atoms with Crippen LogP contribution in [-0.4, -0.2) is 20.1 Å². The number of halogens is 1. The number of hydrogen-bond acceptors (Lipinski definition) is 3. The number of hydrogen-bond donors (Lipinski definition) is 1. The van der Waals surface area contributed by atoms with Gasteiger partial charge in [-0.25, -0.2) is 9.07 Å². The molecule has 1 aromatic carbocycles. The van der Waals surface area contributed by atoms with E-state index < -0.39 is 6.10 Å². The third-order valence-corrected chi connectivity index (χ3v) is 2.29. The summed E-state index contributed by atoms with van der Waals surface area (Å²) >= 11 is 0. The Hall–Kier alpha value is -1.75. The molecule has 0 aliphatic carbocycles. The molecule has 0 radical (unpaired) electrons. The molecule has 5 heteroatoms. The fourth-order valence-electron chi connectivity index (χ4n) is 1.38. The molecule has 4 nitrogen and oxygen atoms in total. The van der Waals surface area contributed by atoms with E-state index in [2.05, 4.69) is 10.3 Å². The topological polar surface area (TPSA) is 50.9 Å². The maximum Gasteiger partial charge on any atom is 0.149 e. The highest BCUT2D eigenvalue weighted by Gasteiger charge is 2.10. The third kappa shape index (κ3) is 1.94. The van der Waals surface area contributed by atoms with Gasteiger partial charge in [0.25, 0.3) is 0 Å². The van der Waals surface area contributed by atoms with Gasteiger partial charge in [-0.15, -0.1) is 5.10 Å². The molecule has 0 saturated heterocycles. The van der Waals surface area contributed by atoms with Crippen LogP contribution in [0.3, 0.4) is 0 Å². The molecule has 0 aliphatic rings. The molecular formula is C11H12FN3O. The van der Waals surface area contributed by atoms with Crippen molar-refractivity contribution in [1.82, 2.24) is 15.0 Å². The molecule has 0 amide bonds. The number of aliphatic hydroxyl groups excluding tert-OH is 1. The van der Waals surface area contributed by atoms with Gasteiger partial charge in [-0.05, 0) is 31.5 Å². The minimum Gasteiger partial charge on any atom is -0.387 e. The van der Waals surface area contributed by atoms with Gasteiger partial charge in [0.1, 0.15) is 17.2 Å². The maximum atomic E-state index is 13.6. The second-order valence-corrected chi connectivity index (χ2v) is 3.72. The van der Waals surface area contributed by atoms with Crippen molar-refractivity contribution in [3.8, 4) is 5.69 Å². The fourth-order valence-corrected chi connectivity index (χ4v) is 1.38. The van der Waals surface area contributed by atoms with Crippen molar-refractivity contribution in [2.45, 2.75) is 20.0 Å². The highest BCUT2D eigenvalue weighted by molar-refractivity contribution is 5.35. The quantitative estimate of drug-likeness (QED) is 0.840. The number of aryl methyl sites for hydroxylation is 1. The van der Waals surface area contributed by atoms with Gasteiger partial charge in [0, 0.05) is 0 Å². The van der Waals surface area contributed by atoms with Crippen molar-refractivity contribution in [2.75, 3.05) is 0 Å². The monoisotopic (exact) mass is 221 g/mol. The van der Waals surface area contributed by atoms with Gasteiger partial charge in [0.05, 0.1) is 12.3 Å². The van der Waals surface area contributed by atoms with Gasteiger partial charge in [-0.3, -0.25) is 0 Å². The Balaban J connectivity index is 2.42. The molecule has 1 heterocycles. The lowest BCUT2D eigenvalue weighted by atomic mass is 10.2. The summed E-state index contributed by atoms with van der Waals surface area (Å²) in [5.41, 5.74) is 1.59. The summed E-state index contributed by atoms with van der Waals surface area (Å²) in [6.45, 7) is 3.40. The molecule has 1 aromatic heterocycles. The molecule has 1 N–H and O–H groups in total. The van der Waals surface area contributed by atoms with Crippen LogP contribution in [0.1, 0.15) is 24.3 Å². The predicted octanol–water partition coefficient (Wildman–Crippen LogP) is 1.77. The number of aromatic nitrogens is 3. The molecule has 16 heavy (non-hydrogen) atoms. The van der Waals surface area contributed by atoms with Crippen molar-refractivity contribution >= 4 is 0 Å². The first-order chi connectivity index (χ1) is 7.58. The second-order valence-electron chi connectivity index (χ2n) is 3.72. The summed E-state index contributed by atoms with van der Waals surface area (Å²) in [6, 6.07) is 4.85. The van der Waals surface area contributed by atoms with Crippen LogP contribution in [0.5, 0.6) is 0 Å². The van der Waals surface area contributed by atoms with Crippen molar-refractivity contribution < 1.29 is 9.50 Å². The largest absolute Gasteiger partial charge is 0.387 e. The van der Waals surface area contributed by atoms with Gasteiger partial charge in [0.2, 0.25) is 0 Å². The molecule has 1 unspecified atom stereocenters. The number of nitrogens with zero attached hydrogens (tertiary/aromatic N) is 3. The van der Waals surface area contributed by atoms with E-state index in [0.29, 0.717) is 11.4 Å². The first-order valence-corrected chi connectivity index (χ1v) is 4.95. The van der Waals surface area contributed by atoms with E-state index in [-0.39, 0.29) is 5.82 Å². The summed E-state index contributed by atoms with van der Waals surface area (Å²) in [4.78, 5) is 0. The van der Waals surface area contributed by atoms with E-state index in [1.54, 1.807) is 19.1 Å². The molecule has 84 valence electrons. The van der Waals surface area contributed by atoms with E-state index >= 15 is 0 Å². The van der Waals surface area contributed by atoms with Gasteiger partial charge >= 0.3 is 0 Å². The Kier molecular flexibility index (Phi) is 2.70. The normalized spacial score (nSPS) is 12.8. The van der Waals surface area contributed by atoms with E-state index in [1.807, 2.05) is 6.92 Å². The number of benzene rings is 1. The standard InChI is InChI=1S/C11H12FN3O/c1-7-3-4-11(9(12)5-7)15-6-10(8(2)16)13-14-15/h3-6,8,16H,1-2H3. The van der Waals surface area contributed by atoms with E-state index in [4.69, 9.17) is 0 Å². The highest BCUT2D eigenvalue weighted by Crippen LogP contribution is 2.15. The number of aliphatic hydroxyl groups is 1. The van der Waals surface area contributed by atoms with Gasteiger partial charge in [-0.1, -0.05) is 11.3 Å². The van der Waals surface area contributed by atoms with E-state index in [0.717, 1.165) is 5.56 Å². The summed E-state index contributed by atoms with van der Waals surface area (Å²) < 4.78 is 14.9. The van der Waals surface area contributed by atoms with Crippen molar-refractivity contribution in [1.29, 1.82) is 0 Å². The Morgan fingerprint density at radius 2 is 2.19 bits per heavy atom. The minimum absolute atomic E-state index is 0.324. The van der Waals surface area contributed by atoms with Crippen molar-refractivity contribution in [2.24, 2.45) is 0 Å². The maximum absolute atomic E-state index is 13.6. The van der Waals surface area contributed by atoms with Crippen LogP contribution < -0.4 is 0 Å². The second kappa shape index (κ2) is 4.02. The zero-order valence-corrected chi connectivity index (χ0v) is 9.05. The zero-order valence-electron chi connectivity index (χ0n) is 9.05. The highest BCUT2D eigenvalue weighted by atomic mass is 19.1. The SMILES string of the molecule is Cc1ccc(-n2cc(C(C)O)nn2)c(F)c1. The lowest BCUT2D eigenvalue weighted by Gasteiger charge is -2.02.